The van der Waals surface area contributed by atoms with E-state index < -0.39 is 0 Å². The van der Waals surface area contributed by atoms with E-state index in [0.717, 1.165) is 24.8 Å². The molecule has 0 aliphatic carbocycles. The van der Waals surface area contributed by atoms with Crippen molar-refractivity contribution in [2.45, 2.75) is 38.6 Å². The Kier molecular flexibility index (Phi) is 9.46. The third-order valence-electron chi connectivity index (χ3n) is 3.79. The molecule has 0 aliphatic rings. The lowest BCUT2D eigenvalue weighted by molar-refractivity contribution is -0.143. The first-order valence-corrected chi connectivity index (χ1v) is 8.34. The van der Waals surface area contributed by atoms with Crippen molar-refractivity contribution in [2.75, 3.05) is 20.2 Å². The lowest BCUT2D eigenvalue weighted by atomic mass is 10.1. The molecular formula is C19H28N2O3. The minimum absolute atomic E-state index is 0.0319. The number of esters is 1. The molecule has 1 aromatic carbocycles. The Morgan fingerprint density at radius 3 is 2.46 bits per heavy atom. The molecule has 2 N–H and O–H groups in total. The number of carbonyl (C=O) groups excluding carboxylic acids is 2. The highest BCUT2D eigenvalue weighted by atomic mass is 16.5. The molecule has 1 rings (SSSR count). The fourth-order valence-corrected chi connectivity index (χ4v) is 2.39. The number of hydrogen-bond acceptors (Lipinski definition) is 4. The molecule has 0 bridgehead atoms. The van der Waals surface area contributed by atoms with Gasteiger partial charge in [0.2, 0.25) is 5.91 Å². The van der Waals surface area contributed by atoms with Crippen molar-refractivity contribution in [3.8, 4) is 0 Å². The monoisotopic (exact) mass is 332 g/mol. The maximum Gasteiger partial charge on any atom is 0.306 e. The molecule has 1 amide bonds. The van der Waals surface area contributed by atoms with Gasteiger partial charge in [-0.3, -0.25) is 9.59 Å². The molecule has 24 heavy (non-hydrogen) atoms. The van der Waals surface area contributed by atoms with E-state index in [1.54, 1.807) is 4.90 Å². The Bertz CT molecular complexity index is 526. The zero-order valence-corrected chi connectivity index (χ0v) is 14.5. The summed E-state index contributed by atoms with van der Waals surface area (Å²) in [5, 5.41) is 0. The van der Waals surface area contributed by atoms with Crippen LogP contribution in [0.15, 0.2) is 36.9 Å². The van der Waals surface area contributed by atoms with Gasteiger partial charge in [-0.05, 0) is 36.9 Å². The van der Waals surface area contributed by atoms with E-state index in [1.165, 1.54) is 12.7 Å². The van der Waals surface area contributed by atoms with Crippen LogP contribution in [-0.2, 0) is 27.3 Å². The summed E-state index contributed by atoms with van der Waals surface area (Å²) in [6, 6.07) is 8.14. The molecule has 0 saturated carbocycles. The van der Waals surface area contributed by atoms with Gasteiger partial charge in [0, 0.05) is 19.5 Å². The zero-order chi connectivity index (χ0) is 17.8. The number of unbranched alkanes of at least 4 members (excludes halogenated alkanes) is 1. The summed E-state index contributed by atoms with van der Waals surface area (Å²) in [5.41, 5.74) is 7.82. The largest absolute Gasteiger partial charge is 0.469 e. The van der Waals surface area contributed by atoms with Crippen LogP contribution < -0.4 is 5.73 Å². The molecule has 1 aromatic rings. The van der Waals surface area contributed by atoms with Crippen molar-refractivity contribution in [3.63, 3.8) is 0 Å². The fourth-order valence-electron chi connectivity index (χ4n) is 2.39. The third-order valence-corrected chi connectivity index (χ3v) is 3.79. The maximum absolute atomic E-state index is 12.4. The summed E-state index contributed by atoms with van der Waals surface area (Å²) >= 11 is 0. The number of hydrogen-bond donors (Lipinski definition) is 1. The average Bonchev–Trinajstić information content (AvgIpc) is 2.60. The van der Waals surface area contributed by atoms with E-state index in [2.05, 4.69) is 11.3 Å². The van der Waals surface area contributed by atoms with Crippen molar-refractivity contribution < 1.29 is 14.3 Å². The molecule has 0 aromatic heterocycles. The normalized spacial score (nSPS) is 10.2. The Hall–Kier alpha value is -2.14. The van der Waals surface area contributed by atoms with E-state index in [-0.39, 0.29) is 24.7 Å². The zero-order valence-electron chi connectivity index (χ0n) is 14.5. The molecule has 0 fully saturated rings. The Morgan fingerprint density at radius 1 is 1.21 bits per heavy atom. The van der Waals surface area contributed by atoms with Gasteiger partial charge < -0.3 is 15.4 Å². The van der Waals surface area contributed by atoms with Crippen LogP contribution in [0.4, 0.5) is 0 Å². The number of benzene rings is 1. The number of methoxy groups -OCH3 is 1. The molecular weight excluding hydrogens is 304 g/mol. The molecule has 0 atom stereocenters. The summed E-state index contributed by atoms with van der Waals surface area (Å²) in [7, 11) is 1.33. The van der Waals surface area contributed by atoms with Crippen LogP contribution in [-0.4, -0.2) is 37.0 Å². The minimum Gasteiger partial charge on any atom is -0.469 e. The molecule has 0 aliphatic heterocycles. The van der Waals surface area contributed by atoms with Crippen LogP contribution in [0, 0.1) is 0 Å². The lowest BCUT2D eigenvalue weighted by Gasteiger charge is -2.23. The topological polar surface area (TPSA) is 72.6 Å². The molecule has 5 heteroatoms. The first-order valence-electron chi connectivity index (χ1n) is 8.34. The second-order valence-electron chi connectivity index (χ2n) is 5.68. The van der Waals surface area contributed by atoms with E-state index in [4.69, 9.17) is 5.73 Å². The van der Waals surface area contributed by atoms with E-state index in [0.29, 0.717) is 19.6 Å². The molecule has 132 valence electrons. The smallest absolute Gasteiger partial charge is 0.306 e. The van der Waals surface area contributed by atoms with Gasteiger partial charge in [0.1, 0.15) is 0 Å². The van der Waals surface area contributed by atoms with Gasteiger partial charge in [0.15, 0.2) is 0 Å². The summed E-state index contributed by atoms with van der Waals surface area (Å²) in [5.74, 6) is -0.393. The first kappa shape index (κ1) is 19.9. The van der Waals surface area contributed by atoms with Gasteiger partial charge in [0.05, 0.1) is 13.5 Å². The Morgan fingerprint density at radius 2 is 1.88 bits per heavy atom. The summed E-state index contributed by atoms with van der Waals surface area (Å²) in [4.78, 5) is 25.4. The number of ether oxygens (including phenoxy) is 1. The summed E-state index contributed by atoms with van der Waals surface area (Å²) in [6.07, 6.45) is 4.70. The molecule has 5 nitrogen and oxygen atoms in total. The van der Waals surface area contributed by atoms with Crippen molar-refractivity contribution in [1.82, 2.24) is 4.90 Å². The number of nitrogens with zero attached hydrogens (tertiary/aromatic N) is 1. The number of amides is 1. The molecule has 0 radical (unpaired) electrons. The quantitative estimate of drug-likeness (QED) is 0.384. The highest BCUT2D eigenvalue weighted by Crippen LogP contribution is 2.11. The van der Waals surface area contributed by atoms with Crippen LogP contribution >= 0.6 is 0 Å². The van der Waals surface area contributed by atoms with Crippen LogP contribution in [0.3, 0.4) is 0 Å². The second kappa shape index (κ2) is 11.4. The summed E-state index contributed by atoms with van der Waals surface area (Å²) in [6.45, 7) is 5.52. The Labute approximate surface area is 144 Å². The van der Waals surface area contributed by atoms with Crippen molar-refractivity contribution in [2.24, 2.45) is 5.73 Å². The highest BCUT2D eigenvalue weighted by molar-refractivity contribution is 5.81. The van der Waals surface area contributed by atoms with Crippen LogP contribution in [0.25, 0.3) is 0 Å². The van der Waals surface area contributed by atoms with Gasteiger partial charge >= 0.3 is 5.97 Å². The number of allylic oxidation sites excluding steroid dienone is 1. The number of carbonyl (C=O) groups is 2. The van der Waals surface area contributed by atoms with Gasteiger partial charge in [-0.15, -0.1) is 6.58 Å². The van der Waals surface area contributed by atoms with Crippen LogP contribution in [0.5, 0.6) is 0 Å². The molecule has 0 unspecified atom stereocenters. The predicted octanol–water partition coefficient (Wildman–Crippen LogP) is 2.44. The minimum atomic E-state index is -0.361. The second-order valence-corrected chi connectivity index (χ2v) is 5.68. The van der Waals surface area contributed by atoms with Crippen molar-refractivity contribution in [3.05, 3.63) is 48.0 Å². The van der Waals surface area contributed by atoms with Gasteiger partial charge in [-0.1, -0.05) is 30.3 Å². The van der Waals surface area contributed by atoms with Crippen LogP contribution in [0.2, 0.25) is 0 Å². The fraction of sp³-hybridized carbons (Fsp3) is 0.474. The third kappa shape index (κ3) is 7.42. The van der Waals surface area contributed by atoms with Gasteiger partial charge in [0.25, 0.3) is 0 Å². The van der Waals surface area contributed by atoms with E-state index in [9.17, 15) is 9.59 Å². The SMILES string of the molecule is C=CCCCN(Cc1ccc(CCN)cc1)C(=O)CCC(=O)OC. The first-order chi connectivity index (χ1) is 11.6. The van der Waals surface area contributed by atoms with Gasteiger partial charge in [-0.2, -0.15) is 0 Å². The molecule has 0 saturated heterocycles. The van der Waals surface area contributed by atoms with E-state index in [1.807, 2.05) is 30.3 Å². The predicted molar refractivity (Wildman–Crippen MR) is 95.3 cm³/mol. The van der Waals surface area contributed by atoms with Gasteiger partial charge in [-0.25, -0.2) is 0 Å². The maximum atomic E-state index is 12.4. The number of rotatable bonds is 11. The molecule has 0 heterocycles. The van der Waals surface area contributed by atoms with Crippen molar-refractivity contribution >= 4 is 11.9 Å². The lowest BCUT2D eigenvalue weighted by Crippen LogP contribution is -2.31. The highest BCUT2D eigenvalue weighted by Gasteiger charge is 2.15. The van der Waals surface area contributed by atoms with Crippen molar-refractivity contribution in [1.29, 1.82) is 0 Å². The number of nitrogens with two attached hydrogens (primary N) is 1. The van der Waals surface area contributed by atoms with Crippen LogP contribution in [0.1, 0.15) is 36.8 Å². The summed E-state index contributed by atoms with van der Waals surface area (Å²) < 4.78 is 4.60. The standard InChI is InChI=1S/C19H28N2O3/c1-3-4-5-14-21(18(22)10-11-19(23)24-2)15-17-8-6-16(7-9-17)12-13-20/h3,6-9H,1,4-5,10-15,20H2,2H3. The average molecular weight is 332 g/mol. The molecule has 0 spiro atoms. The Balaban J connectivity index is 2.67. The van der Waals surface area contributed by atoms with E-state index >= 15 is 0 Å².